The van der Waals surface area contributed by atoms with E-state index in [4.69, 9.17) is 9.47 Å². The average molecular weight is 377 g/mol. The highest BCUT2D eigenvalue weighted by Gasteiger charge is 2.42. The van der Waals surface area contributed by atoms with E-state index in [2.05, 4.69) is 0 Å². The average Bonchev–Trinajstić information content (AvgIpc) is 2.92. The van der Waals surface area contributed by atoms with Crippen molar-refractivity contribution in [1.29, 1.82) is 0 Å². The predicted octanol–water partition coefficient (Wildman–Crippen LogP) is -0.400. The number of quaternary nitrogens is 1. The lowest BCUT2D eigenvalue weighted by Crippen LogP contribution is -3.14. The number of ketones is 1. The van der Waals surface area contributed by atoms with Gasteiger partial charge in [0.1, 0.15) is 13.1 Å². The molecule has 1 aromatic carbocycles. The van der Waals surface area contributed by atoms with Crippen LogP contribution in [0.4, 0.5) is 0 Å². The summed E-state index contributed by atoms with van der Waals surface area (Å²) in [6, 6.07) is 3.97. The molecule has 3 N–H and O–H groups in total. The standard InChI is InChI=1S/C19H24N2O6/c1-12(22)16-17(13-3-4-14(23)15(11-13)26-2)21(19(25)18(16)24)6-5-20-7-9-27-10-8-20/h3-4,11,17,23-24H,5-10H2,1-2H3/p+1. The topological polar surface area (TPSA) is 101 Å². The zero-order chi connectivity index (χ0) is 19.6. The highest BCUT2D eigenvalue weighted by Crippen LogP contribution is 2.40. The molecule has 1 amide bonds. The number of phenolic OH excluding ortho intramolecular Hbond substituents is 1. The second-order valence-corrected chi connectivity index (χ2v) is 6.76. The molecular weight excluding hydrogens is 352 g/mol. The minimum absolute atomic E-state index is 0.0348. The van der Waals surface area contributed by atoms with Crippen molar-refractivity contribution < 1.29 is 34.2 Å². The van der Waals surface area contributed by atoms with Crippen molar-refractivity contribution in [3.8, 4) is 11.5 Å². The first-order valence-corrected chi connectivity index (χ1v) is 8.97. The van der Waals surface area contributed by atoms with Crippen LogP contribution in [0.15, 0.2) is 29.5 Å². The van der Waals surface area contributed by atoms with Gasteiger partial charge in [-0.3, -0.25) is 9.59 Å². The summed E-state index contributed by atoms with van der Waals surface area (Å²) in [4.78, 5) is 27.6. The molecule has 1 unspecified atom stereocenters. The van der Waals surface area contributed by atoms with Crippen molar-refractivity contribution in [1.82, 2.24) is 4.90 Å². The summed E-state index contributed by atoms with van der Waals surface area (Å²) in [5.74, 6) is -1.21. The molecule has 1 aromatic rings. The number of phenols is 1. The normalized spacial score (nSPS) is 21.0. The number of morpholine rings is 1. The van der Waals surface area contributed by atoms with Gasteiger partial charge in [0.05, 0.1) is 45.0 Å². The summed E-state index contributed by atoms with van der Waals surface area (Å²) in [7, 11) is 1.43. The smallest absolute Gasteiger partial charge is 0.290 e. The van der Waals surface area contributed by atoms with Gasteiger partial charge in [-0.05, 0) is 24.6 Å². The van der Waals surface area contributed by atoms with Crippen LogP contribution in [0.3, 0.4) is 0 Å². The van der Waals surface area contributed by atoms with E-state index in [-0.39, 0.29) is 22.9 Å². The third kappa shape index (κ3) is 3.77. The summed E-state index contributed by atoms with van der Waals surface area (Å²) >= 11 is 0. The number of aliphatic hydroxyl groups is 1. The number of rotatable bonds is 6. The lowest BCUT2D eigenvalue weighted by Gasteiger charge is -2.30. The molecule has 8 nitrogen and oxygen atoms in total. The molecule has 0 aromatic heterocycles. The Labute approximate surface area is 157 Å². The number of amides is 1. The van der Waals surface area contributed by atoms with Crippen LogP contribution in [0.2, 0.25) is 0 Å². The Hall–Kier alpha value is -2.58. The third-order valence-corrected chi connectivity index (χ3v) is 5.11. The molecule has 27 heavy (non-hydrogen) atoms. The van der Waals surface area contributed by atoms with Gasteiger partial charge in [0.25, 0.3) is 5.91 Å². The molecule has 2 aliphatic rings. The number of hydrogen-bond acceptors (Lipinski definition) is 6. The van der Waals surface area contributed by atoms with Crippen LogP contribution in [-0.2, 0) is 14.3 Å². The lowest BCUT2D eigenvalue weighted by molar-refractivity contribution is -0.907. The number of benzene rings is 1. The van der Waals surface area contributed by atoms with E-state index in [1.165, 1.54) is 29.9 Å². The van der Waals surface area contributed by atoms with E-state index in [0.717, 1.165) is 13.1 Å². The molecular formula is C19H25N2O6+. The number of aliphatic hydroxyl groups excluding tert-OH is 1. The Morgan fingerprint density at radius 1 is 1.33 bits per heavy atom. The Balaban J connectivity index is 1.91. The Morgan fingerprint density at radius 2 is 2.04 bits per heavy atom. The van der Waals surface area contributed by atoms with Gasteiger partial charge in [0.15, 0.2) is 23.0 Å². The molecule has 0 aliphatic carbocycles. The fourth-order valence-corrected chi connectivity index (χ4v) is 3.64. The van der Waals surface area contributed by atoms with Crippen LogP contribution < -0.4 is 9.64 Å². The van der Waals surface area contributed by atoms with E-state index >= 15 is 0 Å². The zero-order valence-electron chi connectivity index (χ0n) is 15.5. The predicted molar refractivity (Wildman–Crippen MR) is 95.8 cm³/mol. The van der Waals surface area contributed by atoms with Crippen molar-refractivity contribution in [2.45, 2.75) is 13.0 Å². The molecule has 0 saturated carbocycles. The van der Waals surface area contributed by atoms with Crippen LogP contribution in [-0.4, -0.2) is 73.3 Å². The van der Waals surface area contributed by atoms with Gasteiger partial charge < -0.3 is 29.5 Å². The van der Waals surface area contributed by atoms with E-state index in [0.29, 0.717) is 31.9 Å². The van der Waals surface area contributed by atoms with Crippen molar-refractivity contribution in [3.05, 3.63) is 35.1 Å². The second kappa shape index (κ2) is 7.98. The molecule has 1 fully saturated rings. The Morgan fingerprint density at radius 3 is 2.67 bits per heavy atom. The van der Waals surface area contributed by atoms with Crippen LogP contribution >= 0.6 is 0 Å². The number of hydrogen-bond donors (Lipinski definition) is 3. The number of ether oxygens (including phenoxy) is 2. The first kappa shape index (κ1) is 19.2. The van der Waals surface area contributed by atoms with Gasteiger partial charge in [-0.1, -0.05) is 6.07 Å². The van der Waals surface area contributed by atoms with Crippen LogP contribution in [0.25, 0.3) is 0 Å². The van der Waals surface area contributed by atoms with Crippen LogP contribution in [0, 0.1) is 0 Å². The lowest BCUT2D eigenvalue weighted by atomic mass is 9.96. The number of nitrogens with zero attached hydrogens (tertiary/aromatic N) is 1. The molecule has 0 radical (unpaired) electrons. The fourth-order valence-electron chi connectivity index (χ4n) is 3.64. The molecule has 1 saturated heterocycles. The van der Waals surface area contributed by atoms with Crippen molar-refractivity contribution in [3.63, 3.8) is 0 Å². The van der Waals surface area contributed by atoms with E-state index in [1.807, 2.05) is 0 Å². The number of aromatic hydroxyl groups is 1. The largest absolute Gasteiger partial charge is 0.504 e. The quantitative estimate of drug-likeness (QED) is 0.624. The first-order valence-electron chi connectivity index (χ1n) is 8.97. The monoisotopic (exact) mass is 377 g/mol. The molecule has 3 rings (SSSR count). The van der Waals surface area contributed by atoms with Crippen molar-refractivity contribution in [2.24, 2.45) is 0 Å². The molecule has 0 bridgehead atoms. The summed E-state index contributed by atoms with van der Waals surface area (Å²) in [5, 5.41) is 20.2. The highest BCUT2D eigenvalue weighted by molar-refractivity contribution is 6.08. The van der Waals surface area contributed by atoms with Crippen molar-refractivity contribution >= 4 is 11.7 Å². The van der Waals surface area contributed by atoms with Gasteiger partial charge in [-0.2, -0.15) is 0 Å². The number of methoxy groups -OCH3 is 1. The molecule has 1 atom stereocenters. The summed E-state index contributed by atoms with van der Waals surface area (Å²) in [5.41, 5.74) is 0.675. The maximum absolute atomic E-state index is 12.6. The molecule has 2 aliphatic heterocycles. The zero-order valence-corrected chi connectivity index (χ0v) is 15.5. The maximum atomic E-state index is 12.6. The SMILES string of the molecule is COc1cc(C2C(C(C)=O)=C(O)C(=O)N2CC[NH+]2CCOCC2)ccc1O. The van der Waals surface area contributed by atoms with E-state index in [9.17, 15) is 19.8 Å². The minimum Gasteiger partial charge on any atom is -0.504 e. The van der Waals surface area contributed by atoms with Gasteiger partial charge in [-0.15, -0.1) is 0 Å². The van der Waals surface area contributed by atoms with Gasteiger partial charge in [-0.25, -0.2) is 0 Å². The van der Waals surface area contributed by atoms with Gasteiger partial charge >= 0.3 is 0 Å². The first-order chi connectivity index (χ1) is 12.9. The van der Waals surface area contributed by atoms with E-state index < -0.39 is 17.7 Å². The van der Waals surface area contributed by atoms with E-state index in [1.54, 1.807) is 12.1 Å². The molecule has 8 heteroatoms. The van der Waals surface area contributed by atoms with Gasteiger partial charge in [0, 0.05) is 0 Å². The highest BCUT2D eigenvalue weighted by atomic mass is 16.5. The van der Waals surface area contributed by atoms with Crippen molar-refractivity contribution in [2.75, 3.05) is 46.5 Å². The molecule has 2 heterocycles. The minimum atomic E-state index is -0.704. The van der Waals surface area contributed by atoms with Crippen LogP contribution in [0.5, 0.6) is 11.5 Å². The molecule has 0 spiro atoms. The van der Waals surface area contributed by atoms with Gasteiger partial charge in [0.2, 0.25) is 0 Å². The summed E-state index contributed by atoms with van der Waals surface area (Å²) < 4.78 is 10.5. The molecule has 146 valence electrons. The Bertz CT molecular complexity index is 769. The summed E-state index contributed by atoms with van der Waals surface area (Å²) in [6.07, 6.45) is 0. The number of nitrogens with one attached hydrogen (secondary N) is 1. The number of Topliss-reactive ketones (excluding diaryl/α,β-unsaturated/α-hetero) is 1. The maximum Gasteiger partial charge on any atom is 0.290 e. The Kier molecular flexibility index (Phi) is 5.67. The third-order valence-electron chi connectivity index (χ3n) is 5.11. The summed E-state index contributed by atoms with van der Waals surface area (Å²) in [6.45, 7) is 5.51. The second-order valence-electron chi connectivity index (χ2n) is 6.76. The fraction of sp³-hybridized carbons (Fsp3) is 0.474. The number of carbonyl (C=O) groups excluding carboxylic acids is 2. The number of carbonyl (C=O) groups is 2. The van der Waals surface area contributed by atoms with Crippen LogP contribution in [0.1, 0.15) is 18.5 Å².